The van der Waals surface area contributed by atoms with Crippen LogP contribution >= 0.6 is 11.6 Å². The van der Waals surface area contributed by atoms with E-state index in [1.165, 1.54) is 41.4 Å². The average molecular weight is 531 g/mol. The van der Waals surface area contributed by atoms with Gasteiger partial charge in [-0.15, -0.1) is 0 Å². The summed E-state index contributed by atoms with van der Waals surface area (Å²) in [6.45, 7) is 0.275. The molecule has 1 unspecified atom stereocenters. The second-order valence-electron chi connectivity index (χ2n) is 8.49. The van der Waals surface area contributed by atoms with Crippen LogP contribution < -0.4 is 10.1 Å². The van der Waals surface area contributed by atoms with E-state index in [0.29, 0.717) is 27.9 Å². The first-order valence-corrected chi connectivity index (χ1v) is 11.9. The van der Waals surface area contributed by atoms with E-state index in [9.17, 15) is 19.3 Å². The highest BCUT2D eigenvalue weighted by Crippen LogP contribution is 2.30. The molecule has 10 heteroatoms. The van der Waals surface area contributed by atoms with Crippen LogP contribution in [0.2, 0.25) is 5.02 Å². The van der Waals surface area contributed by atoms with Gasteiger partial charge in [-0.3, -0.25) is 10.1 Å². The number of hydrogen-bond acceptors (Lipinski definition) is 5. The van der Waals surface area contributed by atoms with Crippen molar-refractivity contribution in [1.82, 2.24) is 5.01 Å². The molecule has 0 aromatic heterocycles. The monoisotopic (exact) mass is 530 g/mol. The summed E-state index contributed by atoms with van der Waals surface area (Å²) >= 11 is 6.04. The summed E-state index contributed by atoms with van der Waals surface area (Å²) in [4.78, 5) is 23.4. The molecule has 4 aromatic carbocycles. The van der Waals surface area contributed by atoms with Gasteiger partial charge < -0.3 is 10.1 Å². The number of nitrogens with zero attached hydrogens (tertiary/aromatic N) is 3. The second-order valence-corrected chi connectivity index (χ2v) is 8.92. The van der Waals surface area contributed by atoms with Crippen molar-refractivity contribution in [3.05, 3.63) is 129 Å². The van der Waals surface area contributed by atoms with E-state index in [0.717, 1.165) is 11.1 Å². The van der Waals surface area contributed by atoms with Crippen LogP contribution in [-0.4, -0.2) is 28.2 Å². The number of carbonyl (C=O) groups excluding carboxylic acids is 1. The Labute approximate surface area is 222 Å². The highest BCUT2D eigenvalue weighted by atomic mass is 35.5. The number of carbonyl (C=O) groups is 1. The zero-order chi connectivity index (χ0) is 26.6. The number of nitro groups is 1. The molecule has 0 radical (unpaired) electrons. The SMILES string of the molecule is O=C(Nc1ccc(Oc2ccc([N+](=O)[O-])cc2)cc1)N1CC(c2ccc(F)cc2)C(c2ccc(Cl)cc2)=N1. The Balaban J connectivity index is 1.29. The highest BCUT2D eigenvalue weighted by Gasteiger charge is 2.32. The predicted octanol–water partition coefficient (Wildman–Crippen LogP) is 7.22. The van der Waals surface area contributed by atoms with Crippen LogP contribution in [-0.2, 0) is 0 Å². The fourth-order valence-corrected chi connectivity index (χ4v) is 4.16. The molecule has 0 aliphatic carbocycles. The van der Waals surface area contributed by atoms with Gasteiger partial charge in [0.1, 0.15) is 17.3 Å². The number of amides is 2. The van der Waals surface area contributed by atoms with E-state index in [2.05, 4.69) is 10.4 Å². The zero-order valence-electron chi connectivity index (χ0n) is 19.8. The number of hydrazone groups is 1. The average Bonchev–Trinajstić information content (AvgIpc) is 3.37. The van der Waals surface area contributed by atoms with Crippen molar-refractivity contribution in [2.75, 3.05) is 11.9 Å². The Bertz CT molecular complexity index is 1490. The van der Waals surface area contributed by atoms with Crippen molar-refractivity contribution in [2.45, 2.75) is 5.92 Å². The van der Waals surface area contributed by atoms with Gasteiger partial charge in [0.15, 0.2) is 0 Å². The number of hydrogen-bond donors (Lipinski definition) is 1. The lowest BCUT2D eigenvalue weighted by atomic mass is 9.90. The zero-order valence-corrected chi connectivity index (χ0v) is 20.5. The molecule has 0 fully saturated rings. The molecule has 0 saturated heterocycles. The van der Waals surface area contributed by atoms with E-state index >= 15 is 0 Å². The van der Waals surface area contributed by atoms with E-state index in [1.54, 1.807) is 48.5 Å². The summed E-state index contributed by atoms with van der Waals surface area (Å²) in [5.74, 6) is 0.352. The van der Waals surface area contributed by atoms with Gasteiger partial charge >= 0.3 is 6.03 Å². The molecule has 0 spiro atoms. The number of halogens is 2. The van der Waals surface area contributed by atoms with Crippen molar-refractivity contribution >= 4 is 34.7 Å². The summed E-state index contributed by atoms with van der Waals surface area (Å²) in [7, 11) is 0. The van der Waals surface area contributed by atoms with Crippen LogP contribution in [0, 0.1) is 15.9 Å². The van der Waals surface area contributed by atoms with Crippen LogP contribution in [0.4, 0.5) is 20.6 Å². The maximum atomic E-state index is 13.5. The molecule has 0 saturated carbocycles. The largest absolute Gasteiger partial charge is 0.457 e. The van der Waals surface area contributed by atoms with Crippen molar-refractivity contribution in [1.29, 1.82) is 0 Å². The van der Waals surface area contributed by atoms with Gasteiger partial charge in [-0.05, 0) is 71.8 Å². The van der Waals surface area contributed by atoms with Gasteiger partial charge in [0.25, 0.3) is 5.69 Å². The molecular weight excluding hydrogens is 511 g/mol. The Hall–Kier alpha value is -4.76. The maximum absolute atomic E-state index is 13.5. The molecule has 1 atom stereocenters. The molecule has 38 heavy (non-hydrogen) atoms. The Kier molecular flexibility index (Phi) is 7.01. The normalized spacial score (nSPS) is 14.6. The fourth-order valence-electron chi connectivity index (χ4n) is 4.03. The summed E-state index contributed by atoms with van der Waals surface area (Å²) in [6, 6.07) is 25.3. The molecule has 8 nitrogen and oxygen atoms in total. The van der Waals surface area contributed by atoms with Gasteiger partial charge in [0, 0.05) is 28.8 Å². The molecule has 1 aliphatic heterocycles. The van der Waals surface area contributed by atoms with Crippen LogP contribution in [0.25, 0.3) is 0 Å². The van der Waals surface area contributed by atoms with Crippen LogP contribution in [0.5, 0.6) is 11.5 Å². The summed E-state index contributed by atoms with van der Waals surface area (Å²) in [6.07, 6.45) is 0. The lowest BCUT2D eigenvalue weighted by Gasteiger charge is -2.16. The first kappa shape index (κ1) is 24.9. The van der Waals surface area contributed by atoms with Crippen molar-refractivity contribution in [3.63, 3.8) is 0 Å². The molecular formula is C28H20ClFN4O4. The molecule has 5 rings (SSSR count). The number of benzene rings is 4. The third-order valence-electron chi connectivity index (χ3n) is 5.95. The number of nitro benzene ring substituents is 1. The van der Waals surface area contributed by atoms with E-state index in [4.69, 9.17) is 16.3 Å². The number of anilines is 1. The van der Waals surface area contributed by atoms with E-state index in [-0.39, 0.29) is 24.0 Å². The third kappa shape index (κ3) is 5.63. The van der Waals surface area contributed by atoms with E-state index < -0.39 is 11.0 Å². The van der Waals surface area contributed by atoms with Gasteiger partial charge in [-0.2, -0.15) is 5.10 Å². The van der Waals surface area contributed by atoms with E-state index in [1.807, 2.05) is 12.1 Å². The lowest BCUT2D eigenvalue weighted by Crippen LogP contribution is -2.30. The van der Waals surface area contributed by atoms with Gasteiger partial charge in [0.05, 0.1) is 17.2 Å². The molecule has 190 valence electrons. The first-order chi connectivity index (χ1) is 18.4. The predicted molar refractivity (Wildman–Crippen MR) is 142 cm³/mol. The van der Waals surface area contributed by atoms with Gasteiger partial charge in [-0.1, -0.05) is 35.9 Å². The highest BCUT2D eigenvalue weighted by molar-refractivity contribution is 6.30. The summed E-state index contributed by atoms with van der Waals surface area (Å²) in [5.41, 5.74) is 2.82. The molecule has 1 N–H and O–H groups in total. The maximum Gasteiger partial charge on any atom is 0.342 e. The first-order valence-electron chi connectivity index (χ1n) is 11.6. The third-order valence-corrected chi connectivity index (χ3v) is 6.20. The Morgan fingerprint density at radius 2 is 1.55 bits per heavy atom. The topological polar surface area (TPSA) is 97.1 Å². The molecule has 1 heterocycles. The minimum Gasteiger partial charge on any atom is -0.457 e. The fraction of sp³-hybridized carbons (Fsp3) is 0.0714. The Morgan fingerprint density at radius 1 is 0.947 bits per heavy atom. The number of rotatable bonds is 6. The minimum absolute atomic E-state index is 0.0270. The quantitative estimate of drug-likeness (QED) is 0.210. The van der Waals surface area contributed by atoms with Crippen molar-refractivity contribution < 1.29 is 18.8 Å². The molecule has 2 amide bonds. The molecule has 4 aromatic rings. The van der Waals surface area contributed by atoms with Crippen molar-refractivity contribution in [2.24, 2.45) is 5.10 Å². The van der Waals surface area contributed by atoms with Crippen LogP contribution in [0.15, 0.2) is 102 Å². The summed E-state index contributed by atoms with van der Waals surface area (Å²) < 4.78 is 19.2. The van der Waals surface area contributed by atoms with Gasteiger partial charge in [-0.25, -0.2) is 14.2 Å². The second kappa shape index (κ2) is 10.7. The summed E-state index contributed by atoms with van der Waals surface area (Å²) in [5, 5.41) is 20.1. The van der Waals surface area contributed by atoms with Crippen LogP contribution in [0.3, 0.4) is 0 Å². The van der Waals surface area contributed by atoms with Crippen molar-refractivity contribution in [3.8, 4) is 11.5 Å². The smallest absolute Gasteiger partial charge is 0.342 e. The van der Waals surface area contributed by atoms with Crippen LogP contribution in [0.1, 0.15) is 17.0 Å². The standard InChI is InChI=1S/C28H20ClFN4O4/c29-20-5-1-19(2-6-20)27-26(18-3-7-21(30)8-4-18)17-33(32-27)28(35)31-22-9-13-24(14-10-22)38-25-15-11-23(12-16-25)34(36)37/h1-16,26H,17H2,(H,31,35). The molecule has 0 bridgehead atoms. The number of nitrogens with one attached hydrogen (secondary N) is 1. The number of ether oxygens (including phenoxy) is 1. The Morgan fingerprint density at radius 3 is 2.16 bits per heavy atom. The minimum atomic E-state index is -0.480. The number of urea groups is 1. The van der Waals surface area contributed by atoms with Gasteiger partial charge in [0.2, 0.25) is 0 Å². The lowest BCUT2D eigenvalue weighted by molar-refractivity contribution is -0.384. The number of non-ortho nitro benzene ring substituents is 1. The molecule has 1 aliphatic rings.